The van der Waals surface area contributed by atoms with E-state index < -0.39 is 11.7 Å². The van der Waals surface area contributed by atoms with Crippen LogP contribution in [0.4, 0.5) is 13.2 Å². The first kappa shape index (κ1) is 46.1. The average molecular weight is 982 g/mol. The van der Waals surface area contributed by atoms with E-state index >= 15 is 13.2 Å². The summed E-state index contributed by atoms with van der Waals surface area (Å²) in [5.41, 5.74) is 11.2. The van der Waals surface area contributed by atoms with Crippen LogP contribution in [0.2, 0.25) is 0 Å². The Hall–Kier alpha value is -11.0. The predicted molar refractivity (Wildman–Crippen MR) is 291 cm³/mol. The molecule has 0 saturated heterocycles. The molecule has 10 aromatic carbocycles. The van der Waals surface area contributed by atoms with Crippen LogP contribution in [0.1, 0.15) is 33.4 Å². The number of hydrogen-bond acceptors (Lipinski definition) is 5. The highest BCUT2D eigenvalue weighted by molar-refractivity contribution is 6.14. The van der Waals surface area contributed by atoms with Crippen LogP contribution in [0.3, 0.4) is 0 Å². The van der Waals surface area contributed by atoms with Gasteiger partial charge in [0.2, 0.25) is 0 Å². The first-order valence-corrected chi connectivity index (χ1v) is 24.0. The number of nitriles is 5. The van der Waals surface area contributed by atoms with Crippen molar-refractivity contribution in [1.29, 1.82) is 26.3 Å². The summed E-state index contributed by atoms with van der Waals surface area (Å²) in [6.45, 7) is 0. The van der Waals surface area contributed by atoms with Crippen LogP contribution < -0.4 is 0 Å². The molecular formula is C66H34F3N7. The summed E-state index contributed by atoms with van der Waals surface area (Å²) in [5.74, 6) is 0. The molecule has 0 aliphatic heterocycles. The van der Waals surface area contributed by atoms with Crippen LogP contribution in [0, 0.1) is 56.7 Å². The number of rotatable bonds is 7. The summed E-state index contributed by atoms with van der Waals surface area (Å²) in [4.78, 5) is 0. The van der Waals surface area contributed by atoms with Crippen molar-refractivity contribution >= 4 is 43.6 Å². The zero-order valence-electron chi connectivity index (χ0n) is 39.9. The molecule has 0 aliphatic carbocycles. The van der Waals surface area contributed by atoms with Gasteiger partial charge in [-0.05, 0) is 147 Å². The molecule has 0 unspecified atom stereocenters. The largest absolute Gasteiger partial charge is 0.416 e. The Labute approximate surface area is 433 Å². The molecule has 0 aliphatic rings. The molecular weight excluding hydrogens is 948 g/mol. The fourth-order valence-electron chi connectivity index (χ4n) is 10.4. The van der Waals surface area contributed by atoms with Crippen molar-refractivity contribution in [2.24, 2.45) is 0 Å². The monoisotopic (exact) mass is 981 g/mol. The van der Waals surface area contributed by atoms with Gasteiger partial charge in [-0.2, -0.15) is 39.5 Å². The molecule has 2 aromatic heterocycles. The minimum absolute atomic E-state index is 0.190. The minimum atomic E-state index is -4.86. The lowest BCUT2D eigenvalue weighted by molar-refractivity contribution is -0.137. The Bertz CT molecular complexity index is 4100. The summed E-state index contributed by atoms with van der Waals surface area (Å²) in [6.07, 6.45) is -4.86. The summed E-state index contributed by atoms with van der Waals surface area (Å²) < 4.78 is 52.3. The van der Waals surface area contributed by atoms with Crippen molar-refractivity contribution < 1.29 is 13.2 Å². The van der Waals surface area contributed by atoms with Gasteiger partial charge in [-0.15, -0.1) is 0 Å². The quantitative estimate of drug-likeness (QED) is 0.157. The second kappa shape index (κ2) is 18.3. The maximum absolute atomic E-state index is 16.2. The van der Waals surface area contributed by atoms with Crippen molar-refractivity contribution in [1.82, 2.24) is 9.13 Å². The highest BCUT2D eigenvalue weighted by Crippen LogP contribution is 2.47. The minimum Gasteiger partial charge on any atom is -0.308 e. The van der Waals surface area contributed by atoms with Gasteiger partial charge >= 0.3 is 6.18 Å². The van der Waals surface area contributed by atoms with Gasteiger partial charge < -0.3 is 9.13 Å². The third kappa shape index (κ3) is 7.92. The molecule has 76 heavy (non-hydrogen) atoms. The van der Waals surface area contributed by atoms with Gasteiger partial charge in [0.1, 0.15) is 0 Å². The second-order valence-electron chi connectivity index (χ2n) is 18.4. The molecule has 0 spiro atoms. The Morgan fingerprint density at radius 2 is 0.579 bits per heavy atom. The predicted octanol–water partition coefficient (Wildman–Crippen LogP) is 16.6. The first-order chi connectivity index (χ1) is 37.0. The van der Waals surface area contributed by atoms with Crippen molar-refractivity contribution in [3.05, 3.63) is 240 Å². The van der Waals surface area contributed by atoms with Crippen molar-refractivity contribution in [3.8, 4) is 97.4 Å². The van der Waals surface area contributed by atoms with Gasteiger partial charge in [-0.1, -0.05) is 109 Å². The zero-order valence-corrected chi connectivity index (χ0v) is 39.9. The highest BCUT2D eigenvalue weighted by Gasteiger charge is 2.35. The van der Waals surface area contributed by atoms with E-state index in [1.807, 2.05) is 137 Å². The van der Waals surface area contributed by atoms with Crippen molar-refractivity contribution in [2.75, 3.05) is 0 Å². The smallest absolute Gasteiger partial charge is 0.308 e. The molecule has 0 N–H and O–H groups in total. The maximum Gasteiger partial charge on any atom is 0.416 e. The lowest BCUT2D eigenvalue weighted by atomic mass is 9.96. The van der Waals surface area contributed by atoms with Crippen LogP contribution in [0.15, 0.2) is 206 Å². The number of aromatic nitrogens is 2. The molecule has 10 heteroatoms. The fourth-order valence-corrected chi connectivity index (χ4v) is 10.4. The van der Waals surface area contributed by atoms with Gasteiger partial charge in [-0.3, -0.25) is 0 Å². The molecule has 354 valence electrons. The zero-order chi connectivity index (χ0) is 52.2. The SMILES string of the molecule is N#Cc1ccc(-c2ccc3c4ccc(-c5ccc(C#N)cc5)cc4n(-c4cc(C(F)(F)F)cc(-n5c6cc(-c7ccc(C#N)cc7)ccc6c6ccc(-c7ccc(C#N)cc7)cc65)c4-c4cccc(C#N)c4)c3c2)cc1. The normalized spacial score (nSPS) is 11.3. The van der Waals surface area contributed by atoms with Gasteiger partial charge in [0.15, 0.2) is 0 Å². The van der Waals surface area contributed by atoms with Crippen LogP contribution in [0.5, 0.6) is 0 Å². The number of alkyl halides is 3. The van der Waals surface area contributed by atoms with E-state index in [-0.39, 0.29) is 11.4 Å². The van der Waals surface area contributed by atoms with Gasteiger partial charge in [0, 0.05) is 27.1 Å². The average Bonchev–Trinajstić information content (AvgIpc) is 4.00. The number of fused-ring (bicyclic) bond motifs is 6. The Kier molecular flexibility index (Phi) is 11.1. The molecule has 0 atom stereocenters. The van der Waals surface area contributed by atoms with Gasteiger partial charge in [0.25, 0.3) is 0 Å². The lowest BCUT2D eigenvalue weighted by Gasteiger charge is -2.23. The van der Waals surface area contributed by atoms with Crippen molar-refractivity contribution in [2.45, 2.75) is 6.18 Å². The van der Waals surface area contributed by atoms with Gasteiger partial charge in [0.05, 0.1) is 97.2 Å². The van der Waals surface area contributed by atoms with E-state index in [1.165, 1.54) is 12.1 Å². The Balaban J connectivity index is 1.25. The summed E-state index contributed by atoms with van der Waals surface area (Å²) in [6, 6.07) is 72.4. The number of hydrogen-bond donors (Lipinski definition) is 0. The Morgan fingerprint density at radius 1 is 0.289 bits per heavy atom. The van der Waals surface area contributed by atoms with Crippen LogP contribution >= 0.6 is 0 Å². The third-order valence-corrected chi connectivity index (χ3v) is 14.1. The molecule has 0 fully saturated rings. The molecule has 2 heterocycles. The van der Waals surface area contributed by atoms with E-state index in [9.17, 15) is 26.3 Å². The summed E-state index contributed by atoms with van der Waals surface area (Å²) in [7, 11) is 0. The summed E-state index contributed by atoms with van der Waals surface area (Å²) in [5, 5.41) is 52.1. The standard InChI is InChI=1S/C66H34F3N7/c67-66(68,69)54-33-63(75-59-29-49(45-12-4-40(35-70)5-13-45)20-24-55(59)56-25-21-50(30-60(56)75)46-14-6-41(36-71)7-15-46)65(53-3-1-2-44(28-53)39-74)64(34-54)76-61-31-51(47-16-8-42(37-72)9-17-47)22-26-57(61)58-27-23-52(32-62(58)76)48-18-10-43(38-73)11-19-48/h1-34H. The van der Waals surface area contributed by atoms with E-state index in [2.05, 4.69) is 30.3 Å². The second-order valence-corrected chi connectivity index (χ2v) is 18.4. The molecule has 0 radical (unpaired) electrons. The van der Waals surface area contributed by atoms with E-state index in [0.29, 0.717) is 61.0 Å². The topological polar surface area (TPSA) is 129 Å². The third-order valence-electron chi connectivity index (χ3n) is 14.1. The van der Waals surface area contributed by atoms with Crippen LogP contribution in [0.25, 0.3) is 111 Å². The maximum atomic E-state index is 16.2. The highest BCUT2D eigenvalue weighted by atomic mass is 19.4. The number of nitrogens with zero attached hydrogens (tertiary/aromatic N) is 7. The summed E-state index contributed by atoms with van der Waals surface area (Å²) >= 11 is 0. The fraction of sp³-hybridized carbons (Fsp3) is 0.0152. The van der Waals surface area contributed by atoms with E-state index in [0.717, 1.165) is 66.1 Å². The molecule has 0 bridgehead atoms. The first-order valence-electron chi connectivity index (χ1n) is 24.0. The van der Waals surface area contributed by atoms with Gasteiger partial charge in [-0.25, -0.2) is 0 Å². The van der Waals surface area contributed by atoms with Crippen molar-refractivity contribution in [3.63, 3.8) is 0 Å². The molecule has 0 amide bonds. The molecule has 12 rings (SSSR count). The lowest BCUT2D eigenvalue weighted by Crippen LogP contribution is -2.11. The number of benzene rings is 10. The molecule has 0 saturated carbocycles. The molecule has 7 nitrogen and oxygen atoms in total. The number of halogens is 3. The molecule has 12 aromatic rings. The van der Waals surface area contributed by atoms with Crippen LogP contribution in [-0.4, -0.2) is 9.13 Å². The van der Waals surface area contributed by atoms with Crippen LogP contribution in [-0.2, 0) is 6.18 Å². The van der Waals surface area contributed by atoms with E-state index in [1.54, 1.807) is 66.7 Å². The Morgan fingerprint density at radius 3 is 0.855 bits per heavy atom. The van der Waals surface area contributed by atoms with E-state index in [4.69, 9.17) is 0 Å².